The lowest BCUT2D eigenvalue weighted by Gasteiger charge is -2.16. The smallest absolute Gasteiger partial charge is 0.253 e. The van der Waals surface area contributed by atoms with E-state index in [0.717, 1.165) is 15.6 Å². The molecule has 1 amide bonds. The van der Waals surface area contributed by atoms with Crippen LogP contribution in [-0.4, -0.2) is 5.91 Å². The van der Waals surface area contributed by atoms with Crippen LogP contribution in [0.1, 0.15) is 34.5 Å². The molecule has 0 radical (unpaired) electrons. The number of hydrazine groups is 1. The molecule has 110 valence electrons. The van der Waals surface area contributed by atoms with E-state index in [1.54, 1.807) is 6.07 Å². The van der Waals surface area contributed by atoms with Crippen molar-refractivity contribution in [3.05, 3.63) is 63.6 Å². The second kappa shape index (κ2) is 6.74. The first-order chi connectivity index (χ1) is 10.0. The van der Waals surface area contributed by atoms with E-state index in [0.29, 0.717) is 11.3 Å². The normalized spacial score (nSPS) is 11.8. The van der Waals surface area contributed by atoms with Gasteiger partial charge in [0.1, 0.15) is 0 Å². The van der Waals surface area contributed by atoms with Gasteiger partial charge in [0, 0.05) is 4.47 Å². The summed E-state index contributed by atoms with van der Waals surface area (Å²) in [6.07, 6.45) is 0. The Bertz CT molecular complexity index is 640. The number of benzene rings is 2. The number of aryl methyl sites for hydroxylation is 1. The van der Waals surface area contributed by atoms with Crippen LogP contribution in [0.15, 0.2) is 46.9 Å². The van der Waals surface area contributed by atoms with Crippen molar-refractivity contribution in [1.82, 2.24) is 5.32 Å². The van der Waals surface area contributed by atoms with Gasteiger partial charge in [-0.15, -0.1) is 0 Å². The largest absolute Gasteiger partial charge is 0.345 e. The summed E-state index contributed by atoms with van der Waals surface area (Å²) in [7, 11) is 0. The van der Waals surface area contributed by atoms with Gasteiger partial charge in [0.2, 0.25) is 0 Å². The molecular formula is C16H18BrN3O. The van der Waals surface area contributed by atoms with Gasteiger partial charge in [0.05, 0.1) is 17.3 Å². The number of nitrogens with two attached hydrogens (primary N) is 1. The van der Waals surface area contributed by atoms with E-state index in [4.69, 9.17) is 5.84 Å². The molecule has 4 N–H and O–H groups in total. The highest BCUT2D eigenvalue weighted by Gasteiger charge is 2.14. The van der Waals surface area contributed by atoms with Crippen molar-refractivity contribution in [2.45, 2.75) is 19.9 Å². The van der Waals surface area contributed by atoms with E-state index in [2.05, 4.69) is 26.7 Å². The Morgan fingerprint density at radius 3 is 2.48 bits per heavy atom. The molecular weight excluding hydrogens is 330 g/mol. The van der Waals surface area contributed by atoms with E-state index in [-0.39, 0.29) is 11.9 Å². The topological polar surface area (TPSA) is 67.2 Å². The molecule has 1 atom stereocenters. The van der Waals surface area contributed by atoms with Gasteiger partial charge in [-0.2, -0.15) is 0 Å². The third kappa shape index (κ3) is 3.83. The first-order valence-corrected chi connectivity index (χ1v) is 7.44. The summed E-state index contributed by atoms with van der Waals surface area (Å²) in [5.41, 5.74) is 5.81. The maximum absolute atomic E-state index is 12.4. The number of nitrogens with one attached hydrogen (secondary N) is 2. The monoisotopic (exact) mass is 347 g/mol. The standard InChI is InChI=1S/C16H18BrN3O/c1-10-3-8-14(15(9-10)20-18)16(21)19-11(2)12-4-6-13(17)7-5-12/h3-9,11,20H,18H2,1-2H3,(H,19,21). The quantitative estimate of drug-likeness (QED) is 0.585. The van der Waals surface area contributed by atoms with Gasteiger partial charge >= 0.3 is 0 Å². The summed E-state index contributed by atoms with van der Waals surface area (Å²) in [6.45, 7) is 3.90. The summed E-state index contributed by atoms with van der Waals surface area (Å²) in [6, 6.07) is 13.3. The van der Waals surface area contributed by atoms with Gasteiger partial charge in [0.15, 0.2) is 0 Å². The van der Waals surface area contributed by atoms with Crippen LogP contribution in [0.5, 0.6) is 0 Å². The van der Waals surface area contributed by atoms with Crippen molar-refractivity contribution in [3.8, 4) is 0 Å². The molecule has 0 aliphatic heterocycles. The van der Waals surface area contributed by atoms with E-state index in [1.807, 2.05) is 50.2 Å². The Kier molecular flexibility index (Phi) is 4.98. The molecule has 0 spiro atoms. The first-order valence-electron chi connectivity index (χ1n) is 6.65. The zero-order chi connectivity index (χ0) is 15.4. The lowest BCUT2D eigenvalue weighted by molar-refractivity contribution is 0.0940. The van der Waals surface area contributed by atoms with Gasteiger partial charge in [-0.3, -0.25) is 10.6 Å². The molecule has 21 heavy (non-hydrogen) atoms. The number of hydrogen-bond acceptors (Lipinski definition) is 3. The molecule has 0 aromatic heterocycles. The van der Waals surface area contributed by atoms with Gasteiger partial charge in [-0.25, -0.2) is 0 Å². The molecule has 2 rings (SSSR count). The number of rotatable bonds is 4. The van der Waals surface area contributed by atoms with Gasteiger partial charge in [0.25, 0.3) is 5.91 Å². The lowest BCUT2D eigenvalue weighted by Crippen LogP contribution is -2.28. The number of halogens is 1. The van der Waals surface area contributed by atoms with Crippen LogP contribution in [0.4, 0.5) is 5.69 Å². The third-order valence-electron chi connectivity index (χ3n) is 3.29. The summed E-state index contributed by atoms with van der Waals surface area (Å²) < 4.78 is 1.01. The van der Waals surface area contributed by atoms with Gasteiger partial charge in [-0.05, 0) is 49.2 Å². The summed E-state index contributed by atoms with van der Waals surface area (Å²) in [5, 5.41) is 2.98. The highest BCUT2D eigenvalue weighted by molar-refractivity contribution is 9.10. The van der Waals surface area contributed by atoms with Crippen LogP contribution < -0.4 is 16.6 Å². The molecule has 0 fully saturated rings. The summed E-state index contributed by atoms with van der Waals surface area (Å²) >= 11 is 3.40. The summed E-state index contributed by atoms with van der Waals surface area (Å²) in [5.74, 6) is 5.33. The predicted molar refractivity (Wildman–Crippen MR) is 89.0 cm³/mol. The molecule has 0 aliphatic rings. The number of nitrogen functional groups attached to an aromatic ring is 1. The number of carbonyl (C=O) groups is 1. The molecule has 0 saturated heterocycles. The Labute approximate surface area is 132 Å². The predicted octanol–water partition coefficient (Wildman–Crippen LogP) is 3.53. The van der Waals surface area contributed by atoms with Crippen molar-refractivity contribution >= 4 is 27.5 Å². The molecule has 1 unspecified atom stereocenters. The van der Waals surface area contributed by atoms with Crippen LogP contribution in [0.25, 0.3) is 0 Å². The average molecular weight is 348 g/mol. The van der Waals surface area contributed by atoms with Gasteiger partial charge in [-0.1, -0.05) is 34.1 Å². The minimum absolute atomic E-state index is 0.0856. The van der Waals surface area contributed by atoms with Gasteiger partial charge < -0.3 is 10.7 Å². The molecule has 2 aromatic rings. The zero-order valence-electron chi connectivity index (χ0n) is 12.0. The minimum atomic E-state index is -0.154. The van der Waals surface area contributed by atoms with E-state index in [1.165, 1.54) is 0 Å². The first kappa shape index (κ1) is 15.5. The fourth-order valence-electron chi connectivity index (χ4n) is 2.08. The Hall–Kier alpha value is -1.85. The van der Waals surface area contributed by atoms with Crippen molar-refractivity contribution in [2.75, 3.05) is 5.43 Å². The van der Waals surface area contributed by atoms with Crippen molar-refractivity contribution in [2.24, 2.45) is 5.84 Å². The Morgan fingerprint density at radius 1 is 1.19 bits per heavy atom. The van der Waals surface area contributed by atoms with Crippen LogP contribution in [0.2, 0.25) is 0 Å². The Morgan fingerprint density at radius 2 is 1.86 bits per heavy atom. The fraction of sp³-hybridized carbons (Fsp3) is 0.188. The molecule has 5 heteroatoms. The minimum Gasteiger partial charge on any atom is -0.345 e. The van der Waals surface area contributed by atoms with E-state index < -0.39 is 0 Å². The molecule has 0 saturated carbocycles. The maximum atomic E-state index is 12.4. The maximum Gasteiger partial charge on any atom is 0.253 e. The van der Waals surface area contributed by atoms with Crippen LogP contribution in [0, 0.1) is 6.92 Å². The summed E-state index contributed by atoms with van der Waals surface area (Å²) in [4.78, 5) is 12.4. The SMILES string of the molecule is Cc1ccc(C(=O)NC(C)c2ccc(Br)cc2)c(NN)c1. The molecule has 0 aliphatic carbocycles. The number of hydrogen-bond donors (Lipinski definition) is 3. The second-order valence-corrected chi connectivity index (χ2v) is 5.86. The van der Waals surface area contributed by atoms with Crippen molar-refractivity contribution in [3.63, 3.8) is 0 Å². The highest BCUT2D eigenvalue weighted by Crippen LogP contribution is 2.20. The molecule has 0 heterocycles. The van der Waals surface area contributed by atoms with Crippen molar-refractivity contribution in [1.29, 1.82) is 0 Å². The third-order valence-corrected chi connectivity index (χ3v) is 3.82. The lowest BCUT2D eigenvalue weighted by atomic mass is 10.1. The highest BCUT2D eigenvalue weighted by atomic mass is 79.9. The molecule has 2 aromatic carbocycles. The number of anilines is 1. The van der Waals surface area contributed by atoms with Crippen molar-refractivity contribution < 1.29 is 4.79 Å². The fourth-order valence-corrected chi connectivity index (χ4v) is 2.35. The van der Waals surface area contributed by atoms with Crippen LogP contribution in [-0.2, 0) is 0 Å². The van der Waals surface area contributed by atoms with E-state index in [9.17, 15) is 4.79 Å². The second-order valence-electron chi connectivity index (χ2n) is 4.94. The van der Waals surface area contributed by atoms with E-state index >= 15 is 0 Å². The zero-order valence-corrected chi connectivity index (χ0v) is 13.6. The molecule has 0 bridgehead atoms. The average Bonchev–Trinajstić information content (AvgIpc) is 2.47. The van der Waals surface area contributed by atoms with Crippen LogP contribution >= 0.6 is 15.9 Å². The molecule has 4 nitrogen and oxygen atoms in total. The number of carbonyl (C=O) groups excluding carboxylic acids is 1. The van der Waals surface area contributed by atoms with Crippen LogP contribution in [0.3, 0.4) is 0 Å². The number of amides is 1. The Balaban J connectivity index is 2.16.